The monoisotopic (exact) mass is 267 g/mol. The zero-order valence-corrected chi connectivity index (χ0v) is 11.4. The van der Waals surface area contributed by atoms with Crippen LogP contribution in [0.5, 0.6) is 0 Å². The van der Waals surface area contributed by atoms with E-state index in [1.807, 2.05) is 13.0 Å². The molecular formula is C13H21N3O3. The topological polar surface area (TPSA) is 83.2 Å². The minimum Gasteiger partial charge on any atom is -0.464 e. The van der Waals surface area contributed by atoms with E-state index >= 15 is 0 Å². The number of amides is 1. The standard InChI is InChI=1S/C13H21N3O3/c1-3-7-15-12(17)6-8-14-9-10-4-5-11(16-10)13(18)19-2/h4-5,14,16H,3,6-9H2,1-2H3,(H,15,17). The average Bonchev–Trinajstić information content (AvgIpc) is 2.89. The van der Waals surface area contributed by atoms with Crippen LogP contribution in [0, 0.1) is 0 Å². The number of nitrogens with one attached hydrogen (secondary N) is 3. The lowest BCUT2D eigenvalue weighted by atomic mass is 10.3. The Hall–Kier alpha value is -1.82. The fraction of sp³-hybridized carbons (Fsp3) is 0.538. The summed E-state index contributed by atoms with van der Waals surface area (Å²) in [6.45, 7) is 3.92. The maximum absolute atomic E-state index is 11.3. The van der Waals surface area contributed by atoms with E-state index in [-0.39, 0.29) is 11.9 Å². The molecule has 0 bridgehead atoms. The molecule has 106 valence electrons. The Balaban J connectivity index is 2.21. The molecule has 0 aliphatic carbocycles. The van der Waals surface area contributed by atoms with Gasteiger partial charge in [-0.05, 0) is 18.6 Å². The van der Waals surface area contributed by atoms with E-state index in [2.05, 4.69) is 20.4 Å². The van der Waals surface area contributed by atoms with E-state index in [0.717, 1.165) is 18.7 Å². The Morgan fingerprint density at radius 1 is 1.32 bits per heavy atom. The molecule has 3 N–H and O–H groups in total. The summed E-state index contributed by atoms with van der Waals surface area (Å²) in [5, 5.41) is 5.94. The number of aromatic nitrogens is 1. The van der Waals surface area contributed by atoms with E-state index in [1.54, 1.807) is 6.07 Å². The van der Waals surface area contributed by atoms with Crippen LogP contribution in [0.15, 0.2) is 12.1 Å². The Bertz CT molecular complexity index is 415. The van der Waals surface area contributed by atoms with Gasteiger partial charge in [0.2, 0.25) is 5.91 Å². The van der Waals surface area contributed by atoms with Gasteiger partial charge in [0.1, 0.15) is 5.69 Å². The lowest BCUT2D eigenvalue weighted by Gasteiger charge is -2.04. The van der Waals surface area contributed by atoms with Crippen molar-refractivity contribution in [2.45, 2.75) is 26.3 Å². The fourth-order valence-corrected chi connectivity index (χ4v) is 1.55. The molecule has 1 aromatic rings. The molecule has 0 spiro atoms. The number of H-pyrrole nitrogens is 1. The highest BCUT2D eigenvalue weighted by atomic mass is 16.5. The number of esters is 1. The van der Waals surface area contributed by atoms with Crippen molar-refractivity contribution in [3.05, 3.63) is 23.5 Å². The summed E-state index contributed by atoms with van der Waals surface area (Å²) in [5.41, 5.74) is 1.31. The summed E-state index contributed by atoms with van der Waals surface area (Å²) in [4.78, 5) is 25.5. The first kappa shape index (κ1) is 15.2. The molecule has 0 aliphatic heterocycles. The highest BCUT2D eigenvalue weighted by Crippen LogP contribution is 2.02. The van der Waals surface area contributed by atoms with Crippen molar-refractivity contribution in [3.63, 3.8) is 0 Å². The van der Waals surface area contributed by atoms with E-state index in [4.69, 9.17) is 0 Å². The van der Waals surface area contributed by atoms with Crippen LogP contribution in [0.4, 0.5) is 0 Å². The summed E-state index contributed by atoms with van der Waals surface area (Å²) in [6, 6.07) is 3.49. The Morgan fingerprint density at radius 3 is 2.79 bits per heavy atom. The molecule has 0 saturated heterocycles. The van der Waals surface area contributed by atoms with Crippen molar-refractivity contribution >= 4 is 11.9 Å². The Morgan fingerprint density at radius 2 is 2.11 bits per heavy atom. The van der Waals surface area contributed by atoms with Gasteiger partial charge in [0, 0.05) is 31.7 Å². The summed E-state index contributed by atoms with van der Waals surface area (Å²) in [7, 11) is 1.34. The number of rotatable bonds is 8. The number of ether oxygens (including phenoxy) is 1. The predicted octanol–water partition coefficient (Wildman–Crippen LogP) is 0.807. The number of methoxy groups -OCH3 is 1. The lowest BCUT2D eigenvalue weighted by molar-refractivity contribution is -0.120. The average molecular weight is 267 g/mol. The van der Waals surface area contributed by atoms with Gasteiger partial charge in [-0.1, -0.05) is 6.92 Å². The van der Waals surface area contributed by atoms with Crippen molar-refractivity contribution in [3.8, 4) is 0 Å². The second-order valence-electron chi connectivity index (χ2n) is 4.17. The minimum absolute atomic E-state index is 0.0519. The van der Waals surface area contributed by atoms with Gasteiger partial charge in [-0.3, -0.25) is 4.79 Å². The van der Waals surface area contributed by atoms with Gasteiger partial charge >= 0.3 is 5.97 Å². The van der Waals surface area contributed by atoms with Crippen molar-refractivity contribution in [1.29, 1.82) is 0 Å². The molecule has 1 rings (SSSR count). The normalized spacial score (nSPS) is 10.2. The minimum atomic E-state index is -0.384. The van der Waals surface area contributed by atoms with E-state index in [9.17, 15) is 9.59 Å². The SMILES string of the molecule is CCCNC(=O)CCNCc1ccc(C(=O)OC)[nH]1. The van der Waals surface area contributed by atoms with Gasteiger partial charge < -0.3 is 20.4 Å². The maximum atomic E-state index is 11.3. The van der Waals surface area contributed by atoms with E-state index in [0.29, 0.717) is 25.2 Å². The molecule has 0 radical (unpaired) electrons. The fourth-order valence-electron chi connectivity index (χ4n) is 1.55. The van der Waals surface area contributed by atoms with Gasteiger partial charge in [-0.15, -0.1) is 0 Å². The van der Waals surface area contributed by atoms with Crippen LogP contribution in [0.2, 0.25) is 0 Å². The van der Waals surface area contributed by atoms with Gasteiger partial charge in [0.25, 0.3) is 0 Å². The van der Waals surface area contributed by atoms with Crippen LogP contribution < -0.4 is 10.6 Å². The first-order valence-corrected chi connectivity index (χ1v) is 6.41. The lowest BCUT2D eigenvalue weighted by Crippen LogP contribution is -2.28. The largest absolute Gasteiger partial charge is 0.464 e. The molecule has 1 aromatic heterocycles. The summed E-state index contributed by atoms with van der Waals surface area (Å²) < 4.78 is 4.60. The molecule has 0 atom stereocenters. The van der Waals surface area contributed by atoms with Crippen molar-refractivity contribution in [2.75, 3.05) is 20.2 Å². The number of carbonyl (C=O) groups is 2. The zero-order valence-electron chi connectivity index (χ0n) is 11.4. The van der Waals surface area contributed by atoms with Gasteiger partial charge in [-0.2, -0.15) is 0 Å². The first-order chi connectivity index (χ1) is 9.17. The van der Waals surface area contributed by atoms with Gasteiger partial charge in [0.05, 0.1) is 7.11 Å². The second-order valence-corrected chi connectivity index (χ2v) is 4.17. The molecule has 0 saturated carbocycles. The van der Waals surface area contributed by atoms with Crippen LogP contribution in [0.3, 0.4) is 0 Å². The first-order valence-electron chi connectivity index (χ1n) is 6.41. The number of aromatic amines is 1. The smallest absolute Gasteiger partial charge is 0.354 e. The van der Waals surface area contributed by atoms with Crippen LogP contribution >= 0.6 is 0 Å². The third-order valence-electron chi connectivity index (χ3n) is 2.57. The van der Waals surface area contributed by atoms with Gasteiger partial charge in [0.15, 0.2) is 0 Å². The maximum Gasteiger partial charge on any atom is 0.354 e. The summed E-state index contributed by atoms with van der Waals surface area (Å²) >= 11 is 0. The molecule has 0 aromatic carbocycles. The molecule has 6 heteroatoms. The van der Waals surface area contributed by atoms with Crippen molar-refractivity contribution in [2.24, 2.45) is 0 Å². The van der Waals surface area contributed by atoms with Crippen LogP contribution in [0.1, 0.15) is 35.9 Å². The Labute approximate surface area is 112 Å². The number of hydrogen-bond acceptors (Lipinski definition) is 4. The highest BCUT2D eigenvalue weighted by molar-refractivity contribution is 5.87. The molecular weight excluding hydrogens is 246 g/mol. The quantitative estimate of drug-likeness (QED) is 0.481. The zero-order chi connectivity index (χ0) is 14.1. The third kappa shape index (κ3) is 5.56. The number of carbonyl (C=O) groups excluding carboxylic acids is 2. The molecule has 0 fully saturated rings. The van der Waals surface area contributed by atoms with Crippen molar-refractivity contribution < 1.29 is 14.3 Å². The Kier molecular flexibility index (Phi) is 6.67. The van der Waals surface area contributed by atoms with Crippen LogP contribution in [0.25, 0.3) is 0 Å². The highest BCUT2D eigenvalue weighted by Gasteiger charge is 2.07. The molecule has 0 unspecified atom stereocenters. The molecule has 0 aliphatic rings. The van der Waals surface area contributed by atoms with E-state index in [1.165, 1.54) is 7.11 Å². The predicted molar refractivity (Wildman–Crippen MR) is 71.8 cm³/mol. The molecule has 6 nitrogen and oxygen atoms in total. The van der Waals surface area contributed by atoms with Crippen LogP contribution in [-0.2, 0) is 16.1 Å². The van der Waals surface area contributed by atoms with Crippen LogP contribution in [-0.4, -0.2) is 37.1 Å². The number of hydrogen-bond donors (Lipinski definition) is 3. The van der Waals surface area contributed by atoms with Gasteiger partial charge in [-0.25, -0.2) is 4.79 Å². The second kappa shape index (κ2) is 8.31. The molecule has 1 amide bonds. The third-order valence-corrected chi connectivity index (χ3v) is 2.57. The molecule has 1 heterocycles. The summed E-state index contributed by atoms with van der Waals surface area (Å²) in [6.07, 6.45) is 1.39. The summed E-state index contributed by atoms with van der Waals surface area (Å²) in [5.74, 6) is -0.332. The molecule has 19 heavy (non-hydrogen) atoms. The van der Waals surface area contributed by atoms with Crippen molar-refractivity contribution in [1.82, 2.24) is 15.6 Å². The van der Waals surface area contributed by atoms with E-state index < -0.39 is 0 Å².